The van der Waals surface area contributed by atoms with Crippen molar-refractivity contribution in [3.8, 4) is 17.3 Å². The fourth-order valence-electron chi connectivity index (χ4n) is 1.70. The minimum atomic E-state index is 0.409. The summed E-state index contributed by atoms with van der Waals surface area (Å²) in [6, 6.07) is 3.77. The first-order chi connectivity index (χ1) is 9.76. The van der Waals surface area contributed by atoms with Crippen molar-refractivity contribution in [2.75, 3.05) is 12.4 Å². The minimum Gasteiger partial charge on any atom is -0.357 e. The van der Waals surface area contributed by atoms with Gasteiger partial charge >= 0.3 is 0 Å². The van der Waals surface area contributed by atoms with Gasteiger partial charge in [-0.15, -0.1) is 0 Å². The van der Waals surface area contributed by atoms with Gasteiger partial charge in [-0.2, -0.15) is 24.7 Å². The zero-order valence-electron chi connectivity index (χ0n) is 11.0. The molecule has 20 heavy (non-hydrogen) atoms. The predicted octanol–water partition coefficient (Wildman–Crippen LogP) is 0.864. The van der Waals surface area contributed by atoms with Crippen molar-refractivity contribution in [2.24, 2.45) is 0 Å². The number of anilines is 1. The molecule has 0 aliphatic heterocycles. The normalized spacial score (nSPS) is 10.5. The van der Waals surface area contributed by atoms with Gasteiger partial charge in [-0.05, 0) is 19.1 Å². The molecule has 3 rings (SSSR count). The Morgan fingerprint density at radius 3 is 2.80 bits per heavy atom. The topological polar surface area (TPSA) is 94.3 Å². The molecule has 0 radical (unpaired) electrons. The van der Waals surface area contributed by atoms with Gasteiger partial charge in [0.25, 0.3) is 5.95 Å². The van der Waals surface area contributed by atoms with E-state index in [4.69, 9.17) is 0 Å². The zero-order chi connectivity index (χ0) is 13.9. The zero-order valence-corrected chi connectivity index (χ0v) is 11.0. The first-order valence-corrected chi connectivity index (χ1v) is 5.98. The van der Waals surface area contributed by atoms with Gasteiger partial charge in [-0.25, -0.2) is 4.98 Å². The van der Waals surface area contributed by atoms with E-state index in [1.807, 2.05) is 19.1 Å². The first kappa shape index (κ1) is 12.2. The molecular formula is C12H12N8. The van der Waals surface area contributed by atoms with Crippen LogP contribution in [0.25, 0.3) is 17.3 Å². The van der Waals surface area contributed by atoms with Crippen molar-refractivity contribution >= 4 is 5.95 Å². The third-order valence-corrected chi connectivity index (χ3v) is 2.63. The van der Waals surface area contributed by atoms with E-state index in [0.717, 1.165) is 11.3 Å². The number of hydrogen-bond donors (Lipinski definition) is 1. The van der Waals surface area contributed by atoms with Gasteiger partial charge in [-0.1, -0.05) is 0 Å². The summed E-state index contributed by atoms with van der Waals surface area (Å²) in [6.45, 7) is 1.92. The number of hydrogen-bond acceptors (Lipinski definition) is 7. The number of nitrogens with one attached hydrogen (secondary N) is 1. The Hall–Kier alpha value is -2.90. The SMILES string of the molecule is CNc1nc(-c2ccnc(C)c2)nc(-n2cncn2)n1. The second-order valence-electron chi connectivity index (χ2n) is 4.06. The number of aromatic nitrogens is 7. The smallest absolute Gasteiger partial charge is 0.257 e. The van der Waals surface area contributed by atoms with E-state index >= 15 is 0 Å². The summed E-state index contributed by atoms with van der Waals surface area (Å²) in [4.78, 5) is 21.1. The molecule has 0 saturated heterocycles. The fraction of sp³-hybridized carbons (Fsp3) is 0.167. The summed E-state index contributed by atoms with van der Waals surface area (Å²) in [5, 5.41) is 6.94. The van der Waals surface area contributed by atoms with Crippen LogP contribution in [0.1, 0.15) is 5.69 Å². The maximum absolute atomic E-state index is 4.41. The molecule has 100 valence electrons. The molecule has 1 N–H and O–H groups in total. The van der Waals surface area contributed by atoms with E-state index in [1.165, 1.54) is 17.3 Å². The first-order valence-electron chi connectivity index (χ1n) is 5.98. The molecule has 3 heterocycles. The average Bonchev–Trinajstić information content (AvgIpc) is 3.01. The van der Waals surface area contributed by atoms with Gasteiger partial charge in [0.05, 0.1) is 0 Å². The lowest BCUT2D eigenvalue weighted by molar-refractivity contribution is 0.798. The summed E-state index contributed by atoms with van der Waals surface area (Å²) in [6.07, 6.45) is 4.69. The van der Waals surface area contributed by atoms with Gasteiger partial charge in [0.1, 0.15) is 12.7 Å². The summed E-state index contributed by atoms with van der Waals surface area (Å²) in [5.41, 5.74) is 1.77. The largest absolute Gasteiger partial charge is 0.357 e. The van der Waals surface area contributed by atoms with Crippen LogP contribution >= 0.6 is 0 Å². The minimum absolute atomic E-state index is 0.409. The van der Waals surface area contributed by atoms with Crippen molar-refractivity contribution < 1.29 is 0 Å². The fourth-order valence-corrected chi connectivity index (χ4v) is 1.70. The monoisotopic (exact) mass is 268 g/mol. The summed E-state index contributed by atoms with van der Waals surface area (Å²) < 4.78 is 1.49. The van der Waals surface area contributed by atoms with Crippen molar-refractivity contribution in [1.82, 2.24) is 34.7 Å². The van der Waals surface area contributed by atoms with Gasteiger partial charge < -0.3 is 5.32 Å². The Morgan fingerprint density at radius 1 is 1.20 bits per heavy atom. The Morgan fingerprint density at radius 2 is 2.10 bits per heavy atom. The van der Waals surface area contributed by atoms with Gasteiger partial charge in [0.15, 0.2) is 5.82 Å². The van der Waals surface area contributed by atoms with Crippen molar-refractivity contribution in [3.63, 3.8) is 0 Å². The molecule has 0 aliphatic rings. The Labute approximate surface area is 115 Å². The summed E-state index contributed by atoms with van der Waals surface area (Å²) in [7, 11) is 1.75. The molecule has 8 nitrogen and oxygen atoms in total. The van der Waals surface area contributed by atoms with Crippen LogP contribution in [0.15, 0.2) is 31.0 Å². The third kappa shape index (κ3) is 2.30. The molecular weight excluding hydrogens is 256 g/mol. The highest BCUT2D eigenvalue weighted by atomic mass is 15.4. The van der Waals surface area contributed by atoms with Crippen LogP contribution in [0.4, 0.5) is 5.95 Å². The Kier molecular flexibility index (Phi) is 3.04. The second kappa shape index (κ2) is 5.00. The van der Waals surface area contributed by atoms with E-state index in [1.54, 1.807) is 13.2 Å². The van der Waals surface area contributed by atoms with Gasteiger partial charge in [-0.3, -0.25) is 4.98 Å². The van der Waals surface area contributed by atoms with E-state index in [-0.39, 0.29) is 0 Å². The lowest BCUT2D eigenvalue weighted by atomic mass is 10.2. The van der Waals surface area contributed by atoms with Crippen LogP contribution in [-0.2, 0) is 0 Å². The molecule has 0 atom stereocenters. The number of pyridine rings is 1. The second-order valence-corrected chi connectivity index (χ2v) is 4.06. The molecule has 0 aromatic carbocycles. The molecule has 0 fully saturated rings. The maximum atomic E-state index is 4.41. The van der Waals surface area contributed by atoms with Crippen molar-refractivity contribution in [2.45, 2.75) is 6.92 Å². The number of nitrogens with zero attached hydrogens (tertiary/aromatic N) is 7. The summed E-state index contributed by atoms with van der Waals surface area (Å²) in [5.74, 6) is 1.43. The lowest BCUT2D eigenvalue weighted by Crippen LogP contribution is -2.08. The quantitative estimate of drug-likeness (QED) is 0.752. The molecule has 0 amide bonds. The predicted molar refractivity (Wildman–Crippen MR) is 72.3 cm³/mol. The highest BCUT2D eigenvalue weighted by Crippen LogP contribution is 2.17. The molecule has 3 aromatic rings. The van der Waals surface area contributed by atoms with E-state index in [2.05, 4.69) is 35.3 Å². The number of rotatable bonds is 3. The molecule has 0 aliphatic carbocycles. The van der Waals surface area contributed by atoms with E-state index < -0.39 is 0 Å². The van der Waals surface area contributed by atoms with Gasteiger partial charge in [0, 0.05) is 24.5 Å². The van der Waals surface area contributed by atoms with Gasteiger partial charge in [0.2, 0.25) is 5.95 Å². The van der Waals surface area contributed by atoms with Crippen molar-refractivity contribution in [3.05, 3.63) is 36.7 Å². The van der Waals surface area contributed by atoms with Crippen LogP contribution in [0, 0.1) is 6.92 Å². The molecule has 3 aromatic heterocycles. The van der Waals surface area contributed by atoms with Crippen LogP contribution in [0.5, 0.6) is 0 Å². The van der Waals surface area contributed by atoms with E-state index in [9.17, 15) is 0 Å². The molecule has 0 bridgehead atoms. The van der Waals surface area contributed by atoms with E-state index in [0.29, 0.717) is 17.7 Å². The van der Waals surface area contributed by atoms with Crippen LogP contribution in [0.3, 0.4) is 0 Å². The number of aryl methyl sites for hydroxylation is 1. The standard InChI is InChI=1S/C12H12N8/c1-8-5-9(3-4-15-8)10-17-11(13-2)19-12(18-10)20-7-14-6-16-20/h3-7H,1-2H3,(H,13,17,18,19). The van der Waals surface area contributed by atoms with Crippen LogP contribution in [0.2, 0.25) is 0 Å². The van der Waals surface area contributed by atoms with Crippen molar-refractivity contribution in [1.29, 1.82) is 0 Å². The maximum Gasteiger partial charge on any atom is 0.257 e. The molecule has 0 spiro atoms. The Bertz CT molecular complexity index is 722. The molecule has 0 unspecified atom stereocenters. The molecule has 0 saturated carbocycles. The molecule has 8 heteroatoms. The third-order valence-electron chi connectivity index (χ3n) is 2.63. The lowest BCUT2D eigenvalue weighted by Gasteiger charge is -2.06. The highest BCUT2D eigenvalue weighted by Gasteiger charge is 2.10. The Balaban J connectivity index is 2.14. The summed E-state index contributed by atoms with van der Waals surface area (Å²) >= 11 is 0. The average molecular weight is 268 g/mol. The van der Waals surface area contributed by atoms with Crippen LogP contribution < -0.4 is 5.32 Å². The highest BCUT2D eigenvalue weighted by molar-refractivity contribution is 5.56. The van der Waals surface area contributed by atoms with Crippen LogP contribution in [-0.4, -0.2) is 41.7 Å².